The minimum Gasteiger partial charge on any atom is -0.354 e. The molecule has 0 fully saturated rings. The molecule has 2 aromatic rings. The van der Waals surface area contributed by atoms with Crippen LogP contribution in [-0.2, 0) is 10.8 Å². The van der Waals surface area contributed by atoms with Crippen molar-refractivity contribution >= 4 is 33.9 Å². The molecule has 0 atom stereocenters. The van der Waals surface area contributed by atoms with Gasteiger partial charge in [-0.25, -0.2) is 0 Å². The van der Waals surface area contributed by atoms with Crippen LogP contribution in [-0.4, -0.2) is 5.16 Å². The lowest BCUT2D eigenvalue weighted by Crippen LogP contribution is -2.10. The van der Waals surface area contributed by atoms with Crippen molar-refractivity contribution in [3.05, 3.63) is 14.9 Å². The topological polar surface area (TPSA) is 26.0 Å². The van der Waals surface area contributed by atoms with E-state index >= 15 is 0 Å². The lowest BCUT2D eigenvalue weighted by Gasteiger charge is -2.18. The van der Waals surface area contributed by atoms with Gasteiger partial charge >= 0.3 is 0 Å². The van der Waals surface area contributed by atoms with Gasteiger partial charge in [-0.3, -0.25) is 0 Å². The zero-order chi connectivity index (χ0) is 13.0. The standard InChI is InChI=1S/C13H18ClNOS/c1-12(2,3)9-7-8(16-15-11(7)14)10(17-9)13(4,5)6/h1-6H3. The third kappa shape index (κ3) is 2.11. The Balaban J connectivity index is 2.83. The fourth-order valence-corrected chi connectivity index (χ4v) is 3.45. The van der Waals surface area contributed by atoms with Crippen molar-refractivity contribution in [2.75, 3.05) is 0 Å². The van der Waals surface area contributed by atoms with Crippen LogP contribution in [0.4, 0.5) is 0 Å². The predicted octanol–water partition coefficient (Wildman–Crippen LogP) is 5.14. The number of aromatic nitrogens is 1. The van der Waals surface area contributed by atoms with Gasteiger partial charge < -0.3 is 4.52 Å². The monoisotopic (exact) mass is 271 g/mol. The first-order valence-corrected chi connectivity index (χ1v) is 6.90. The molecule has 0 unspecified atom stereocenters. The lowest BCUT2D eigenvalue weighted by atomic mass is 9.91. The maximum absolute atomic E-state index is 6.15. The van der Waals surface area contributed by atoms with E-state index in [0.29, 0.717) is 5.15 Å². The molecule has 0 aromatic carbocycles. The Hall–Kier alpha value is -0.540. The van der Waals surface area contributed by atoms with Crippen LogP contribution in [0, 0.1) is 0 Å². The molecule has 0 aliphatic carbocycles. The van der Waals surface area contributed by atoms with Crippen LogP contribution in [0.15, 0.2) is 4.52 Å². The fraction of sp³-hybridized carbons (Fsp3) is 0.615. The molecule has 17 heavy (non-hydrogen) atoms. The molecular formula is C13H18ClNOS. The quantitative estimate of drug-likeness (QED) is 0.663. The highest BCUT2D eigenvalue weighted by atomic mass is 35.5. The van der Waals surface area contributed by atoms with Crippen LogP contribution in [0.5, 0.6) is 0 Å². The van der Waals surface area contributed by atoms with Crippen molar-refractivity contribution < 1.29 is 4.52 Å². The summed E-state index contributed by atoms with van der Waals surface area (Å²) in [6, 6.07) is 0. The molecule has 4 heteroatoms. The first kappa shape index (κ1) is 12.9. The molecule has 2 nitrogen and oxygen atoms in total. The molecule has 0 spiro atoms. The van der Waals surface area contributed by atoms with Gasteiger partial charge in [-0.05, 0) is 5.41 Å². The number of fused-ring (bicyclic) bond motifs is 1. The summed E-state index contributed by atoms with van der Waals surface area (Å²) in [5, 5.41) is 5.38. The highest BCUT2D eigenvalue weighted by molar-refractivity contribution is 7.14. The molecule has 0 N–H and O–H groups in total. The summed E-state index contributed by atoms with van der Waals surface area (Å²) < 4.78 is 5.41. The van der Waals surface area contributed by atoms with Crippen LogP contribution < -0.4 is 0 Å². The number of nitrogens with zero attached hydrogens (tertiary/aromatic N) is 1. The third-order valence-electron chi connectivity index (χ3n) is 2.65. The van der Waals surface area contributed by atoms with Gasteiger partial charge in [0.05, 0.1) is 10.3 Å². The van der Waals surface area contributed by atoms with E-state index in [0.717, 1.165) is 11.0 Å². The Bertz CT molecular complexity index is 554. The van der Waals surface area contributed by atoms with E-state index in [4.69, 9.17) is 16.1 Å². The zero-order valence-electron chi connectivity index (χ0n) is 11.1. The van der Waals surface area contributed by atoms with E-state index in [-0.39, 0.29) is 10.8 Å². The van der Waals surface area contributed by atoms with Gasteiger partial charge in [0, 0.05) is 10.3 Å². The highest BCUT2D eigenvalue weighted by Crippen LogP contribution is 2.46. The Morgan fingerprint density at radius 3 is 2.00 bits per heavy atom. The molecule has 94 valence electrons. The Morgan fingerprint density at radius 2 is 1.53 bits per heavy atom. The molecule has 0 radical (unpaired) electrons. The zero-order valence-corrected chi connectivity index (χ0v) is 12.7. The van der Waals surface area contributed by atoms with Crippen LogP contribution in [0.1, 0.15) is 51.3 Å². The van der Waals surface area contributed by atoms with Gasteiger partial charge in [-0.1, -0.05) is 58.3 Å². The van der Waals surface area contributed by atoms with E-state index in [9.17, 15) is 0 Å². The molecule has 0 aliphatic rings. The van der Waals surface area contributed by atoms with Gasteiger partial charge in [0.1, 0.15) is 0 Å². The minimum absolute atomic E-state index is 0.0509. The molecule has 0 aliphatic heterocycles. The average molecular weight is 272 g/mol. The smallest absolute Gasteiger partial charge is 0.183 e. The summed E-state index contributed by atoms with van der Waals surface area (Å²) in [5.74, 6) is 0. The Labute approximate surface area is 111 Å². The summed E-state index contributed by atoms with van der Waals surface area (Å²) in [5.41, 5.74) is 0.967. The second kappa shape index (κ2) is 3.72. The summed E-state index contributed by atoms with van der Waals surface area (Å²) in [6.45, 7) is 13.1. The molecular weight excluding hydrogens is 254 g/mol. The van der Waals surface area contributed by atoms with Crippen LogP contribution in [0.3, 0.4) is 0 Å². The molecule has 0 amide bonds. The van der Waals surface area contributed by atoms with Crippen LogP contribution >= 0.6 is 22.9 Å². The van der Waals surface area contributed by atoms with Crippen molar-refractivity contribution in [2.24, 2.45) is 0 Å². The van der Waals surface area contributed by atoms with Gasteiger partial charge in [-0.2, -0.15) is 0 Å². The number of halogens is 1. The maximum atomic E-state index is 6.15. The minimum atomic E-state index is 0.0509. The normalized spacial score (nSPS) is 13.6. The van der Waals surface area contributed by atoms with E-state index in [1.165, 1.54) is 9.75 Å². The molecule has 2 aromatic heterocycles. The third-order valence-corrected chi connectivity index (χ3v) is 4.93. The second-order valence-corrected chi connectivity index (χ2v) is 7.82. The number of rotatable bonds is 0. The Kier molecular flexibility index (Phi) is 2.83. The van der Waals surface area contributed by atoms with Gasteiger partial charge in [0.15, 0.2) is 10.7 Å². The fourth-order valence-electron chi connectivity index (χ4n) is 1.84. The SMILES string of the molecule is CC(C)(C)c1sc(C(C)(C)C)c2c(Cl)noc12. The van der Waals surface area contributed by atoms with Crippen LogP contribution in [0.25, 0.3) is 11.0 Å². The molecule has 0 saturated heterocycles. The Morgan fingerprint density at radius 1 is 1.00 bits per heavy atom. The van der Waals surface area contributed by atoms with Crippen molar-refractivity contribution in [3.63, 3.8) is 0 Å². The van der Waals surface area contributed by atoms with E-state index < -0.39 is 0 Å². The largest absolute Gasteiger partial charge is 0.354 e. The first-order valence-electron chi connectivity index (χ1n) is 5.71. The predicted molar refractivity (Wildman–Crippen MR) is 74.3 cm³/mol. The highest BCUT2D eigenvalue weighted by Gasteiger charge is 2.31. The van der Waals surface area contributed by atoms with Crippen LogP contribution in [0.2, 0.25) is 5.15 Å². The lowest BCUT2D eigenvalue weighted by molar-refractivity contribution is 0.449. The van der Waals surface area contributed by atoms with Gasteiger partial charge in [0.25, 0.3) is 0 Å². The average Bonchev–Trinajstić information content (AvgIpc) is 2.63. The summed E-state index contributed by atoms with van der Waals surface area (Å²) in [7, 11) is 0. The van der Waals surface area contributed by atoms with Crippen molar-refractivity contribution in [1.29, 1.82) is 0 Å². The maximum Gasteiger partial charge on any atom is 0.183 e. The molecule has 0 saturated carbocycles. The summed E-state index contributed by atoms with van der Waals surface area (Å²) in [4.78, 5) is 2.47. The van der Waals surface area contributed by atoms with Crippen molar-refractivity contribution in [3.8, 4) is 0 Å². The number of hydrogen-bond acceptors (Lipinski definition) is 3. The van der Waals surface area contributed by atoms with E-state index in [2.05, 4.69) is 46.7 Å². The number of hydrogen-bond donors (Lipinski definition) is 0. The van der Waals surface area contributed by atoms with Crippen molar-refractivity contribution in [1.82, 2.24) is 5.16 Å². The summed E-state index contributed by atoms with van der Waals surface area (Å²) >= 11 is 7.94. The first-order chi connectivity index (χ1) is 7.62. The van der Waals surface area contributed by atoms with E-state index in [1.807, 2.05) is 0 Å². The van der Waals surface area contributed by atoms with Gasteiger partial charge in [0.2, 0.25) is 0 Å². The summed E-state index contributed by atoms with van der Waals surface area (Å²) in [6.07, 6.45) is 0. The molecule has 0 bridgehead atoms. The van der Waals surface area contributed by atoms with E-state index in [1.54, 1.807) is 11.3 Å². The number of thiophene rings is 1. The molecule has 2 rings (SSSR count). The molecule has 2 heterocycles. The second-order valence-electron chi connectivity index (χ2n) is 6.44. The van der Waals surface area contributed by atoms with Crippen molar-refractivity contribution in [2.45, 2.75) is 52.4 Å². The van der Waals surface area contributed by atoms with Gasteiger partial charge in [-0.15, -0.1) is 11.3 Å².